The van der Waals surface area contributed by atoms with Gasteiger partial charge in [0.1, 0.15) is 17.8 Å². The van der Waals surface area contributed by atoms with Crippen molar-refractivity contribution in [3.8, 4) is 0 Å². The predicted molar refractivity (Wildman–Crippen MR) is 88.7 cm³/mol. The van der Waals surface area contributed by atoms with Gasteiger partial charge in [0, 0.05) is 17.6 Å². The summed E-state index contributed by atoms with van der Waals surface area (Å²) in [5, 5.41) is 10.4. The average molecular weight is 362 g/mol. The van der Waals surface area contributed by atoms with Crippen LogP contribution in [0.4, 0.5) is 0 Å². The van der Waals surface area contributed by atoms with Crippen molar-refractivity contribution in [2.75, 3.05) is 6.61 Å². The standard InChI is InChI=1S/C19H22O7/c1-9(2)16(20)24-12-6-11-4-5-14-19(26-14,18(22)23-8-11)7-13-15(12)10(3)17(21)25-13/h6,12-15,18,22H,1,3-5,7-8H2,2H3. The Morgan fingerprint density at radius 1 is 1.46 bits per heavy atom. The third kappa shape index (κ3) is 2.71. The second kappa shape index (κ2) is 6.04. The van der Waals surface area contributed by atoms with E-state index in [2.05, 4.69) is 13.2 Å². The van der Waals surface area contributed by atoms with Crippen LogP contribution in [0.25, 0.3) is 0 Å². The number of esters is 2. The molecule has 140 valence electrons. The summed E-state index contributed by atoms with van der Waals surface area (Å²) in [6.07, 6.45) is 0.887. The average Bonchev–Trinajstić information content (AvgIpc) is 3.20. The molecule has 0 radical (unpaired) electrons. The second-order valence-electron chi connectivity index (χ2n) is 7.44. The maximum absolute atomic E-state index is 12.2. The minimum atomic E-state index is -1.10. The van der Waals surface area contributed by atoms with Gasteiger partial charge in [-0.15, -0.1) is 0 Å². The highest BCUT2D eigenvalue weighted by molar-refractivity contribution is 5.91. The summed E-state index contributed by atoms with van der Waals surface area (Å²) in [5.41, 5.74) is 0.513. The first-order valence-electron chi connectivity index (χ1n) is 8.75. The molecule has 1 N–H and O–H groups in total. The highest BCUT2D eigenvalue weighted by atomic mass is 16.7. The fourth-order valence-corrected chi connectivity index (χ4v) is 4.09. The molecule has 5 rings (SSSR count). The molecule has 4 aliphatic heterocycles. The summed E-state index contributed by atoms with van der Waals surface area (Å²) in [5.74, 6) is -1.60. The van der Waals surface area contributed by atoms with E-state index in [0.29, 0.717) is 6.42 Å². The van der Waals surface area contributed by atoms with Crippen molar-refractivity contribution < 1.29 is 33.6 Å². The molecule has 0 saturated carbocycles. The highest BCUT2D eigenvalue weighted by Gasteiger charge is 2.65. The van der Waals surface area contributed by atoms with Crippen molar-refractivity contribution in [2.45, 2.75) is 56.4 Å². The molecule has 2 bridgehead atoms. The Hall–Kier alpha value is -1.96. The Bertz CT molecular complexity index is 723. The smallest absolute Gasteiger partial charge is 0.334 e. The van der Waals surface area contributed by atoms with Crippen molar-refractivity contribution in [3.05, 3.63) is 36.0 Å². The van der Waals surface area contributed by atoms with Crippen LogP contribution in [-0.2, 0) is 28.5 Å². The molecule has 7 heteroatoms. The van der Waals surface area contributed by atoms with Gasteiger partial charge in [0.05, 0.1) is 18.6 Å². The monoisotopic (exact) mass is 362 g/mol. The number of hydrogen-bond acceptors (Lipinski definition) is 7. The van der Waals surface area contributed by atoms with Crippen molar-refractivity contribution in [2.24, 2.45) is 5.92 Å². The number of fused-ring (bicyclic) bond motifs is 4. The first-order valence-corrected chi connectivity index (χ1v) is 8.75. The van der Waals surface area contributed by atoms with Gasteiger partial charge in [-0.25, -0.2) is 9.59 Å². The molecule has 1 spiro atoms. The molecule has 1 aliphatic carbocycles. The molecular weight excluding hydrogens is 340 g/mol. The number of ether oxygens (including phenoxy) is 4. The lowest BCUT2D eigenvalue weighted by Gasteiger charge is -2.32. The quantitative estimate of drug-likeness (QED) is 0.341. The lowest BCUT2D eigenvalue weighted by Crippen LogP contribution is -2.44. The van der Waals surface area contributed by atoms with E-state index in [1.165, 1.54) is 0 Å². The van der Waals surface area contributed by atoms with E-state index < -0.39 is 42.0 Å². The van der Waals surface area contributed by atoms with Crippen LogP contribution in [0.15, 0.2) is 36.0 Å². The van der Waals surface area contributed by atoms with Crippen LogP contribution in [0.2, 0.25) is 0 Å². The van der Waals surface area contributed by atoms with Crippen molar-refractivity contribution in [3.63, 3.8) is 0 Å². The molecule has 5 aliphatic rings. The van der Waals surface area contributed by atoms with Crippen molar-refractivity contribution in [1.29, 1.82) is 0 Å². The van der Waals surface area contributed by atoms with Gasteiger partial charge >= 0.3 is 11.9 Å². The zero-order chi connectivity index (χ0) is 18.6. The van der Waals surface area contributed by atoms with Gasteiger partial charge in [0.15, 0.2) is 6.29 Å². The van der Waals surface area contributed by atoms with Crippen LogP contribution >= 0.6 is 0 Å². The number of aliphatic hydroxyl groups is 1. The van der Waals surface area contributed by atoms with E-state index in [0.717, 1.165) is 12.0 Å². The third-order valence-corrected chi connectivity index (χ3v) is 5.61. The van der Waals surface area contributed by atoms with Gasteiger partial charge in [-0.1, -0.05) is 13.2 Å². The Labute approximate surface area is 151 Å². The molecule has 0 aromatic heterocycles. The Morgan fingerprint density at radius 2 is 2.23 bits per heavy atom. The molecule has 7 nitrogen and oxygen atoms in total. The Balaban J connectivity index is 1.75. The summed E-state index contributed by atoms with van der Waals surface area (Å²) in [7, 11) is 0. The lowest BCUT2D eigenvalue weighted by molar-refractivity contribution is -0.159. The van der Waals surface area contributed by atoms with Crippen LogP contribution in [-0.4, -0.2) is 53.9 Å². The largest absolute Gasteiger partial charge is 0.458 e. The zero-order valence-corrected chi connectivity index (χ0v) is 14.6. The fourth-order valence-electron chi connectivity index (χ4n) is 4.09. The molecule has 3 saturated heterocycles. The topological polar surface area (TPSA) is 94.6 Å². The number of aliphatic hydroxyl groups excluding tert-OH is 1. The van der Waals surface area contributed by atoms with E-state index in [1.54, 1.807) is 13.0 Å². The molecule has 4 heterocycles. The molecule has 6 atom stereocenters. The minimum absolute atomic E-state index is 0.149. The van der Waals surface area contributed by atoms with Crippen molar-refractivity contribution in [1.82, 2.24) is 0 Å². The van der Waals surface area contributed by atoms with E-state index in [9.17, 15) is 14.7 Å². The van der Waals surface area contributed by atoms with E-state index in [1.807, 2.05) is 0 Å². The first-order chi connectivity index (χ1) is 12.3. The summed E-state index contributed by atoms with van der Waals surface area (Å²) in [6.45, 7) is 9.23. The summed E-state index contributed by atoms with van der Waals surface area (Å²) >= 11 is 0. The number of rotatable bonds is 2. The normalized spacial score (nSPS) is 41.3. The van der Waals surface area contributed by atoms with Crippen LogP contribution in [0, 0.1) is 5.92 Å². The second-order valence-corrected chi connectivity index (χ2v) is 7.44. The number of carbonyl (C=O) groups is 2. The molecule has 0 aromatic carbocycles. The lowest BCUT2D eigenvalue weighted by atomic mass is 9.81. The van der Waals surface area contributed by atoms with Crippen LogP contribution in [0.5, 0.6) is 0 Å². The molecule has 3 fully saturated rings. The van der Waals surface area contributed by atoms with Crippen LogP contribution < -0.4 is 0 Å². The summed E-state index contributed by atoms with van der Waals surface area (Å²) < 4.78 is 22.5. The molecule has 6 unspecified atom stereocenters. The van der Waals surface area contributed by atoms with Crippen LogP contribution in [0.3, 0.4) is 0 Å². The summed E-state index contributed by atoms with van der Waals surface area (Å²) in [4.78, 5) is 24.3. The van der Waals surface area contributed by atoms with Crippen molar-refractivity contribution >= 4 is 11.9 Å². The maximum Gasteiger partial charge on any atom is 0.334 e. The molecule has 0 aromatic rings. The van der Waals surface area contributed by atoms with Gasteiger partial charge < -0.3 is 24.1 Å². The van der Waals surface area contributed by atoms with Gasteiger partial charge in [0.25, 0.3) is 0 Å². The fraction of sp³-hybridized carbons (Fsp3) is 0.579. The highest BCUT2D eigenvalue weighted by Crippen LogP contribution is 2.52. The summed E-state index contributed by atoms with van der Waals surface area (Å²) in [6, 6.07) is 0. The molecular formula is C19H22O7. The van der Waals surface area contributed by atoms with E-state index in [4.69, 9.17) is 18.9 Å². The molecule has 0 amide bonds. The Kier molecular flexibility index (Phi) is 4.06. The number of hydrogen-bond donors (Lipinski definition) is 1. The maximum atomic E-state index is 12.2. The predicted octanol–water partition coefficient (Wildman–Crippen LogP) is 1.17. The minimum Gasteiger partial charge on any atom is -0.458 e. The van der Waals surface area contributed by atoms with Gasteiger partial charge in [-0.3, -0.25) is 0 Å². The number of epoxide rings is 1. The molecule has 26 heavy (non-hydrogen) atoms. The van der Waals surface area contributed by atoms with Crippen LogP contribution in [0.1, 0.15) is 26.2 Å². The number of carbonyl (C=O) groups excluding carboxylic acids is 2. The van der Waals surface area contributed by atoms with Gasteiger partial charge in [0.2, 0.25) is 0 Å². The zero-order valence-electron chi connectivity index (χ0n) is 14.6. The van der Waals surface area contributed by atoms with E-state index >= 15 is 0 Å². The first kappa shape index (κ1) is 17.5. The van der Waals surface area contributed by atoms with Gasteiger partial charge in [-0.05, 0) is 31.4 Å². The SMILES string of the molecule is C=C(C)C(=O)OC1C=C2CCC3OC3(CC3OC(=O)C(=C)C13)C(O)OC2. The van der Waals surface area contributed by atoms with E-state index in [-0.39, 0.29) is 30.3 Å². The van der Waals surface area contributed by atoms with Gasteiger partial charge in [-0.2, -0.15) is 0 Å². The third-order valence-electron chi connectivity index (χ3n) is 5.61. The Morgan fingerprint density at radius 3 is 2.96 bits per heavy atom.